The van der Waals surface area contributed by atoms with Gasteiger partial charge in [0.05, 0.1) is 17.7 Å². The number of fused-ring (bicyclic) bond motifs is 1. The molecule has 2 heterocycles. The SMILES string of the molecule is NC(=O)C1CN(C(=O)N(Cc2ccccc2)c2ccccc2-c2ccccc2)CCN1S(=O)(=O)c1cccc2cccnc12. The molecule has 5 aromatic rings. The van der Waals surface area contributed by atoms with Gasteiger partial charge >= 0.3 is 6.03 Å². The molecule has 1 unspecified atom stereocenters. The normalized spacial score (nSPS) is 15.6. The third-order valence-electron chi connectivity index (χ3n) is 7.81. The van der Waals surface area contributed by atoms with E-state index in [0.29, 0.717) is 16.6 Å². The first-order chi connectivity index (χ1) is 21.3. The van der Waals surface area contributed by atoms with Gasteiger partial charge < -0.3 is 10.6 Å². The van der Waals surface area contributed by atoms with Crippen LogP contribution in [0.5, 0.6) is 0 Å². The number of pyridine rings is 1. The average molecular weight is 606 g/mol. The summed E-state index contributed by atoms with van der Waals surface area (Å²) < 4.78 is 29.0. The predicted molar refractivity (Wildman–Crippen MR) is 170 cm³/mol. The summed E-state index contributed by atoms with van der Waals surface area (Å²) in [6.07, 6.45) is 1.53. The number of carbonyl (C=O) groups excluding carboxylic acids is 2. The van der Waals surface area contributed by atoms with E-state index >= 15 is 0 Å². The van der Waals surface area contributed by atoms with Crippen molar-refractivity contribution in [3.05, 3.63) is 127 Å². The minimum absolute atomic E-state index is 0.0101. The van der Waals surface area contributed by atoms with Crippen LogP contribution in [0.1, 0.15) is 5.56 Å². The number of hydrogen-bond donors (Lipinski definition) is 1. The highest BCUT2D eigenvalue weighted by Crippen LogP contribution is 2.33. The van der Waals surface area contributed by atoms with Crippen molar-refractivity contribution in [3.8, 4) is 11.1 Å². The van der Waals surface area contributed by atoms with Crippen LogP contribution in [-0.2, 0) is 21.4 Å². The number of amides is 3. The highest BCUT2D eigenvalue weighted by atomic mass is 32.2. The molecule has 9 nitrogen and oxygen atoms in total. The summed E-state index contributed by atoms with van der Waals surface area (Å²) in [7, 11) is -4.18. The van der Waals surface area contributed by atoms with Crippen LogP contribution in [0.2, 0.25) is 0 Å². The van der Waals surface area contributed by atoms with E-state index in [1.807, 2.05) is 84.9 Å². The van der Waals surface area contributed by atoms with Gasteiger partial charge in [-0.15, -0.1) is 0 Å². The number of nitrogens with zero attached hydrogens (tertiary/aromatic N) is 4. The van der Waals surface area contributed by atoms with Crippen molar-refractivity contribution in [1.82, 2.24) is 14.2 Å². The van der Waals surface area contributed by atoms with E-state index in [4.69, 9.17) is 5.73 Å². The van der Waals surface area contributed by atoms with Gasteiger partial charge in [-0.3, -0.25) is 14.7 Å². The Bertz CT molecular complexity index is 1910. The maximum Gasteiger partial charge on any atom is 0.324 e. The van der Waals surface area contributed by atoms with Crippen LogP contribution in [0.4, 0.5) is 10.5 Å². The molecule has 1 aromatic heterocycles. The molecule has 0 radical (unpaired) electrons. The number of benzene rings is 4. The van der Waals surface area contributed by atoms with Gasteiger partial charge in [0.15, 0.2) is 0 Å². The van der Waals surface area contributed by atoms with Crippen LogP contribution >= 0.6 is 0 Å². The third-order valence-corrected chi connectivity index (χ3v) is 9.75. The number of sulfonamides is 1. The quantitative estimate of drug-likeness (QED) is 0.284. The second-order valence-electron chi connectivity index (χ2n) is 10.5. The molecule has 1 saturated heterocycles. The molecule has 3 amide bonds. The van der Waals surface area contributed by atoms with Crippen molar-refractivity contribution >= 4 is 38.6 Å². The number of carbonyl (C=O) groups is 2. The Hall–Kier alpha value is -5.06. The number of urea groups is 1. The van der Waals surface area contributed by atoms with E-state index in [1.165, 1.54) is 17.2 Å². The monoisotopic (exact) mass is 605 g/mol. The number of rotatable bonds is 7. The first kappa shape index (κ1) is 29.0. The van der Waals surface area contributed by atoms with Gasteiger partial charge in [0.25, 0.3) is 0 Å². The molecule has 2 N–H and O–H groups in total. The van der Waals surface area contributed by atoms with Crippen LogP contribution < -0.4 is 10.6 Å². The third kappa shape index (κ3) is 5.64. The van der Waals surface area contributed by atoms with Gasteiger partial charge in [0.1, 0.15) is 10.9 Å². The summed E-state index contributed by atoms with van der Waals surface area (Å²) >= 11 is 0. The number of nitrogens with two attached hydrogens (primary N) is 1. The lowest BCUT2D eigenvalue weighted by Gasteiger charge is -2.41. The Morgan fingerprint density at radius 1 is 0.818 bits per heavy atom. The van der Waals surface area contributed by atoms with Crippen LogP contribution in [-0.4, -0.2) is 60.2 Å². The zero-order valence-electron chi connectivity index (χ0n) is 23.9. The Kier molecular flexibility index (Phi) is 8.10. The van der Waals surface area contributed by atoms with Crippen LogP contribution in [0.15, 0.2) is 126 Å². The summed E-state index contributed by atoms with van der Waals surface area (Å²) in [5.41, 5.74) is 9.54. The smallest absolute Gasteiger partial charge is 0.324 e. The fraction of sp³-hybridized carbons (Fsp3) is 0.147. The zero-order chi connectivity index (χ0) is 30.7. The molecule has 1 atom stereocenters. The molecule has 0 bridgehead atoms. The molecule has 6 rings (SSSR count). The topological polar surface area (TPSA) is 117 Å². The van der Waals surface area contributed by atoms with Crippen LogP contribution in [0, 0.1) is 0 Å². The van der Waals surface area contributed by atoms with Gasteiger partial charge in [0, 0.05) is 36.8 Å². The van der Waals surface area contributed by atoms with Crippen molar-refractivity contribution in [2.45, 2.75) is 17.5 Å². The molecule has 1 aliphatic heterocycles. The van der Waals surface area contributed by atoms with E-state index in [-0.39, 0.29) is 37.1 Å². The second-order valence-corrected chi connectivity index (χ2v) is 12.4. The first-order valence-electron chi connectivity index (χ1n) is 14.2. The molecule has 4 aromatic carbocycles. The van der Waals surface area contributed by atoms with E-state index < -0.39 is 22.0 Å². The molecule has 10 heteroatoms. The molecule has 0 aliphatic carbocycles. The lowest BCUT2D eigenvalue weighted by molar-refractivity contribution is -0.122. The van der Waals surface area contributed by atoms with Crippen LogP contribution in [0.3, 0.4) is 0 Å². The molecule has 1 aliphatic rings. The molecular formula is C34H31N5O4S. The van der Waals surface area contributed by atoms with Gasteiger partial charge in [-0.25, -0.2) is 13.2 Å². The predicted octanol–water partition coefficient (Wildman–Crippen LogP) is 4.89. The number of hydrogen-bond acceptors (Lipinski definition) is 5. The minimum Gasteiger partial charge on any atom is -0.368 e. The van der Waals surface area contributed by atoms with E-state index in [1.54, 1.807) is 29.2 Å². The average Bonchev–Trinajstić information content (AvgIpc) is 3.07. The summed E-state index contributed by atoms with van der Waals surface area (Å²) in [6, 6.07) is 33.8. The first-order valence-corrected chi connectivity index (χ1v) is 15.7. The molecule has 0 spiro atoms. The number of aromatic nitrogens is 1. The number of primary amides is 1. The van der Waals surface area contributed by atoms with Gasteiger partial charge in [-0.2, -0.15) is 4.31 Å². The highest BCUT2D eigenvalue weighted by Gasteiger charge is 2.42. The lowest BCUT2D eigenvalue weighted by Crippen LogP contribution is -2.62. The largest absolute Gasteiger partial charge is 0.368 e. The number of piperazine rings is 1. The molecule has 222 valence electrons. The standard InChI is InChI=1S/C34H31N5O4S/c35-33(40)30-24-37(21-22-39(30)44(42,43)31-19-9-15-27-16-10-20-36-32(27)31)34(41)38(23-25-11-3-1-4-12-25)29-18-8-7-17-28(29)26-13-5-2-6-14-26/h1-20,30H,21-24H2,(H2,35,40). The second kappa shape index (κ2) is 12.3. The zero-order valence-corrected chi connectivity index (χ0v) is 24.7. The van der Waals surface area contributed by atoms with Gasteiger partial charge in [-0.1, -0.05) is 97.1 Å². The van der Waals surface area contributed by atoms with Crippen molar-refractivity contribution in [3.63, 3.8) is 0 Å². The van der Waals surface area contributed by atoms with Crippen molar-refractivity contribution in [1.29, 1.82) is 0 Å². The fourth-order valence-electron chi connectivity index (χ4n) is 5.63. The highest BCUT2D eigenvalue weighted by molar-refractivity contribution is 7.89. The van der Waals surface area contributed by atoms with Crippen molar-refractivity contribution in [2.75, 3.05) is 24.5 Å². The van der Waals surface area contributed by atoms with E-state index in [9.17, 15) is 18.0 Å². The summed E-state index contributed by atoms with van der Waals surface area (Å²) in [6.45, 7) is 0.0403. The van der Waals surface area contributed by atoms with E-state index in [2.05, 4.69) is 4.98 Å². The van der Waals surface area contributed by atoms with Crippen LogP contribution in [0.25, 0.3) is 22.0 Å². The lowest BCUT2D eigenvalue weighted by atomic mass is 10.0. The number of anilines is 1. The van der Waals surface area contributed by atoms with Gasteiger partial charge in [0.2, 0.25) is 15.9 Å². The van der Waals surface area contributed by atoms with Gasteiger partial charge in [-0.05, 0) is 29.3 Å². The summed E-state index contributed by atoms with van der Waals surface area (Å²) in [5, 5.41) is 0.659. The fourth-order valence-corrected chi connectivity index (χ4v) is 7.38. The maximum absolute atomic E-state index is 14.4. The molecule has 0 saturated carbocycles. The maximum atomic E-state index is 14.4. The Morgan fingerprint density at radius 2 is 1.50 bits per heavy atom. The molecular weight excluding hydrogens is 574 g/mol. The molecule has 1 fully saturated rings. The molecule has 44 heavy (non-hydrogen) atoms. The van der Waals surface area contributed by atoms with Crippen molar-refractivity contribution in [2.24, 2.45) is 5.73 Å². The summed E-state index contributed by atoms with van der Waals surface area (Å²) in [5.74, 6) is -0.835. The Labute approximate surface area is 256 Å². The Balaban J connectivity index is 1.35. The van der Waals surface area contributed by atoms with Crippen molar-refractivity contribution < 1.29 is 18.0 Å². The Morgan fingerprint density at radius 3 is 2.25 bits per heavy atom. The minimum atomic E-state index is -4.18. The number of para-hydroxylation sites is 2. The van der Waals surface area contributed by atoms with E-state index in [0.717, 1.165) is 21.0 Å². The summed E-state index contributed by atoms with van der Waals surface area (Å²) in [4.78, 5) is 34.6.